The largest absolute Gasteiger partial charge is 0.507 e. The van der Waals surface area contributed by atoms with Crippen LogP contribution in [0.25, 0.3) is 5.76 Å². The van der Waals surface area contributed by atoms with Crippen molar-refractivity contribution >= 4 is 18.7 Å². The zero-order chi connectivity index (χ0) is 10.7. The second-order valence-electron chi connectivity index (χ2n) is 3.70. The van der Waals surface area contributed by atoms with Crippen LogP contribution in [-0.2, 0) is 4.79 Å². The van der Waals surface area contributed by atoms with Gasteiger partial charge in [0.15, 0.2) is 0 Å². The summed E-state index contributed by atoms with van der Waals surface area (Å²) >= 11 is 0. The molecule has 15 heavy (non-hydrogen) atoms. The number of aliphatic hydroxyl groups excluding tert-OH is 1. The van der Waals surface area contributed by atoms with E-state index in [1.54, 1.807) is 7.28 Å². The molecule has 2 nitrogen and oxygen atoms in total. The van der Waals surface area contributed by atoms with E-state index in [0.29, 0.717) is 6.42 Å². The van der Waals surface area contributed by atoms with Gasteiger partial charge in [0.05, 0.1) is 5.68 Å². The Morgan fingerprint density at radius 2 is 2.00 bits per heavy atom. The van der Waals surface area contributed by atoms with Crippen LogP contribution in [0.1, 0.15) is 18.4 Å². The van der Waals surface area contributed by atoms with Gasteiger partial charge < -0.3 is 9.90 Å². The Balaban J connectivity index is 2.28. The first-order valence-electron chi connectivity index (χ1n) is 5.10. The summed E-state index contributed by atoms with van der Waals surface area (Å²) in [6.07, 6.45) is 1.89. The third kappa shape index (κ3) is 2.29. The quantitative estimate of drug-likeness (QED) is 0.556. The minimum absolute atomic E-state index is 0.110. The summed E-state index contributed by atoms with van der Waals surface area (Å²) < 4.78 is 0. The van der Waals surface area contributed by atoms with Crippen molar-refractivity contribution in [2.45, 2.75) is 19.2 Å². The van der Waals surface area contributed by atoms with Gasteiger partial charge in [0.2, 0.25) is 7.28 Å². The fourth-order valence-electron chi connectivity index (χ4n) is 1.78. The molecule has 2 rings (SSSR count). The lowest BCUT2D eigenvalue weighted by molar-refractivity contribution is -0.111. The minimum Gasteiger partial charge on any atom is -0.507 e. The van der Waals surface area contributed by atoms with Crippen LogP contribution in [0.15, 0.2) is 35.9 Å². The van der Waals surface area contributed by atoms with E-state index >= 15 is 0 Å². The maximum Gasteiger partial charge on any atom is 0.203 e. The van der Waals surface area contributed by atoms with Crippen LogP contribution in [0.5, 0.6) is 0 Å². The number of hydrogen-bond donors (Lipinski definition) is 1. The number of allylic oxidation sites excluding steroid dienone is 1. The maximum atomic E-state index is 11.2. The molecule has 1 aromatic rings. The molecule has 0 bridgehead atoms. The predicted octanol–water partition coefficient (Wildman–Crippen LogP) is 2.40. The lowest BCUT2D eigenvalue weighted by Crippen LogP contribution is -2.16. The average molecular weight is 199 g/mol. The van der Waals surface area contributed by atoms with Crippen molar-refractivity contribution in [2.24, 2.45) is 0 Å². The summed E-state index contributed by atoms with van der Waals surface area (Å²) in [5.41, 5.74) is 1.76. The van der Waals surface area contributed by atoms with E-state index in [-0.39, 0.29) is 11.4 Å². The topological polar surface area (TPSA) is 37.3 Å². The highest BCUT2D eigenvalue weighted by Crippen LogP contribution is 2.25. The molecule has 1 aliphatic heterocycles. The van der Waals surface area contributed by atoms with Crippen LogP contribution in [0.2, 0.25) is 6.32 Å². The predicted molar refractivity (Wildman–Crippen MR) is 60.8 cm³/mol. The molecule has 0 unspecified atom stereocenters. The molecule has 0 spiro atoms. The van der Waals surface area contributed by atoms with Gasteiger partial charge in [-0.15, -0.1) is 0 Å². The summed E-state index contributed by atoms with van der Waals surface area (Å²) in [5.74, 6) is 0.275. The first-order chi connectivity index (χ1) is 7.27. The highest BCUT2D eigenvalue weighted by Gasteiger charge is 2.18. The van der Waals surface area contributed by atoms with E-state index < -0.39 is 0 Å². The molecule has 0 amide bonds. The Morgan fingerprint density at radius 1 is 1.27 bits per heavy atom. The van der Waals surface area contributed by atoms with Crippen LogP contribution >= 0.6 is 0 Å². The Morgan fingerprint density at radius 3 is 2.67 bits per heavy atom. The second-order valence-corrected chi connectivity index (χ2v) is 3.70. The van der Waals surface area contributed by atoms with E-state index in [0.717, 1.165) is 23.9 Å². The van der Waals surface area contributed by atoms with E-state index in [2.05, 4.69) is 0 Å². The van der Waals surface area contributed by atoms with Crippen molar-refractivity contribution in [1.29, 1.82) is 0 Å². The Labute approximate surface area is 89.9 Å². The molecule has 1 radical (unpaired) electrons. The number of hydrogen-bond acceptors (Lipinski definition) is 2. The molecule has 1 N–H and O–H groups in total. The molecule has 1 aliphatic rings. The van der Waals surface area contributed by atoms with Crippen molar-refractivity contribution in [3.8, 4) is 0 Å². The summed E-state index contributed by atoms with van der Waals surface area (Å²) in [7, 11) is 1.70. The molecule has 0 aromatic heterocycles. The van der Waals surface area contributed by atoms with Crippen molar-refractivity contribution in [3.63, 3.8) is 0 Å². The van der Waals surface area contributed by atoms with Crippen LogP contribution in [0.3, 0.4) is 0 Å². The fraction of sp³-hybridized carbons (Fsp3) is 0.250. The average Bonchev–Trinajstić information content (AvgIpc) is 2.29. The second kappa shape index (κ2) is 4.34. The van der Waals surface area contributed by atoms with Gasteiger partial charge in [-0.1, -0.05) is 36.7 Å². The maximum absolute atomic E-state index is 11.2. The van der Waals surface area contributed by atoms with Crippen LogP contribution in [0.4, 0.5) is 0 Å². The molecule has 1 aromatic carbocycles. The van der Waals surface area contributed by atoms with Crippen molar-refractivity contribution < 1.29 is 9.90 Å². The van der Waals surface area contributed by atoms with Crippen LogP contribution in [-0.4, -0.2) is 18.1 Å². The Bertz CT molecular complexity index is 395. The van der Waals surface area contributed by atoms with E-state index in [1.165, 1.54) is 0 Å². The van der Waals surface area contributed by atoms with E-state index in [1.807, 2.05) is 30.3 Å². The Kier molecular flexibility index (Phi) is 2.90. The number of carbonyl (C=O) groups is 1. The molecule has 75 valence electrons. The lowest BCUT2D eigenvalue weighted by Gasteiger charge is -2.14. The molecular weight excluding hydrogens is 187 g/mol. The summed E-state index contributed by atoms with van der Waals surface area (Å²) in [6.45, 7) is 0. The first-order valence-corrected chi connectivity index (χ1v) is 5.10. The lowest BCUT2D eigenvalue weighted by atomic mass is 9.61. The van der Waals surface area contributed by atoms with Crippen LogP contribution in [0, 0.1) is 0 Å². The van der Waals surface area contributed by atoms with Gasteiger partial charge in [-0.3, -0.25) is 0 Å². The standard InChI is InChI=1S/C12H12BO2/c14-11-8-10(6-7-13-11)12(15)9-4-2-1-3-5-9/h1-5,15H,6-8H2. The SMILES string of the molecule is O=C1[B]CCC(=C(O)c2ccccc2)C1. The normalized spacial score (nSPS) is 19.6. The number of carbonyl (C=O) groups excluding carboxylic acids is 1. The summed E-state index contributed by atoms with van der Waals surface area (Å²) in [6, 6.07) is 9.36. The molecule has 0 saturated carbocycles. The van der Waals surface area contributed by atoms with Gasteiger partial charge in [0.1, 0.15) is 5.76 Å². The van der Waals surface area contributed by atoms with Gasteiger partial charge >= 0.3 is 0 Å². The van der Waals surface area contributed by atoms with Gasteiger partial charge in [-0.2, -0.15) is 0 Å². The van der Waals surface area contributed by atoms with Gasteiger partial charge in [0.25, 0.3) is 0 Å². The fourth-order valence-corrected chi connectivity index (χ4v) is 1.78. The number of benzene rings is 1. The van der Waals surface area contributed by atoms with Crippen molar-refractivity contribution in [2.75, 3.05) is 0 Å². The third-order valence-corrected chi connectivity index (χ3v) is 2.59. The molecule has 0 aliphatic carbocycles. The highest BCUT2D eigenvalue weighted by atomic mass is 16.3. The number of rotatable bonds is 1. The molecule has 1 saturated heterocycles. The monoisotopic (exact) mass is 199 g/mol. The molecule has 1 fully saturated rings. The van der Waals surface area contributed by atoms with E-state index in [9.17, 15) is 9.90 Å². The van der Waals surface area contributed by atoms with Gasteiger partial charge in [-0.05, 0) is 12.0 Å². The van der Waals surface area contributed by atoms with Gasteiger partial charge in [0, 0.05) is 12.0 Å². The summed E-state index contributed by atoms with van der Waals surface area (Å²) in [5, 5.41) is 9.98. The van der Waals surface area contributed by atoms with Crippen molar-refractivity contribution in [3.05, 3.63) is 41.5 Å². The number of aliphatic hydroxyl groups is 1. The minimum atomic E-state index is 0.110. The smallest absolute Gasteiger partial charge is 0.203 e. The molecule has 3 heteroatoms. The zero-order valence-corrected chi connectivity index (χ0v) is 8.44. The first kappa shape index (κ1) is 10.0. The van der Waals surface area contributed by atoms with Crippen LogP contribution < -0.4 is 0 Å². The van der Waals surface area contributed by atoms with Crippen molar-refractivity contribution in [1.82, 2.24) is 0 Å². The Hall–Kier alpha value is -1.51. The van der Waals surface area contributed by atoms with Gasteiger partial charge in [-0.25, -0.2) is 0 Å². The summed E-state index contributed by atoms with van der Waals surface area (Å²) in [4.78, 5) is 11.2. The highest BCUT2D eigenvalue weighted by molar-refractivity contribution is 6.74. The zero-order valence-electron chi connectivity index (χ0n) is 8.44. The molecule has 0 atom stereocenters. The third-order valence-electron chi connectivity index (χ3n) is 2.59. The molecular formula is C12H12BO2. The molecule has 1 heterocycles. The van der Waals surface area contributed by atoms with E-state index in [4.69, 9.17) is 0 Å².